The zero-order chi connectivity index (χ0) is 29.3. The molecular formula is C28H26F3N7O3S. The van der Waals surface area contributed by atoms with Gasteiger partial charge in [0.15, 0.2) is 5.69 Å². The molecule has 0 bridgehead atoms. The van der Waals surface area contributed by atoms with Gasteiger partial charge in [0.05, 0.1) is 18.0 Å². The Morgan fingerprint density at radius 3 is 2.60 bits per heavy atom. The first-order chi connectivity index (χ1) is 20.3. The van der Waals surface area contributed by atoms with Crippen molar-refractivity contribution in [1.29, 1.82) is 0 Å². The second kappa shape index (κ2) is 11.2. The summed E-state index contributed by atoms with van der Waals surface area (Å²) in [6.07, 6.45) is -5.18. The molecule has 1 saturated carbocycles. The summed E-state index contributed by atoms with van der Waals surface area (Å²) >= 11 is 0.921. The van der Waals surface area contributed by atoms with Crippen molar-refractivity contribution in [3.63, 3.8) is 0 Å². The van der Waals surface area contributed by atoms with Gasteiger partial charge < -0.3 is 25.1 Å². The molecule has 1 unspecified atom stereocenters. The predicted molar refractivity (Wildman–Crippen MR) is 152 cm³/mol. The maximum Gasteiger partial charge on any atom is 0.400 e. The van der Waals surface area contributed by atoms with Crippen LogP contribution in [0.2, 0.25) is 0 Å². The molecule has 0 radical (unpaired) electrons. The van der Waals surface area contributed by atoms with Gasteiger partial charge in [-0.05, 0) is 18.9 Å². The van der Waals surface area contributed by atoms with Crippen LogP contribution in [0, 0.1) is 0 Å². The van der Waals surface area contributed by atoms with Crippen molar-refractivity contribution >= 4 is 39.7 Å². The number of ether oxygens (including phenoxy) is 1. The summed E-state index contributed by atoms with van der Waals surface area (Å²) in [4.78, 5) is 22.2. The van der Waals surface area contributed by atoms with Gasteiger partial charge in [0.1, 0.15) is 15.4 Å². The molecule has 3 N–H and O–H groups in total. The van der Waals surface area contributed by atoms with Crippen molar-refractivity contribution in [1.82, 2.24) is 15.2 Å². The molecule has 218 valence electrons. The number of carbonyl (C=O) groups is 1. The summed E-state index contributed by atoms with van der Waals surface area (Å²) < 4.78 is 53.2. The Kier molecular flexibility index (Phi) is 7.41. The average molecular weight is 598 g/mol. The van der Waals surface area contributed by atoms with E-state index in [0.717, 1.165) is 22.5 Å². The Morgan fingerprint density at radius 2 is 1.88 bits per heavy atom. The van der Waals surface area contributed by atoms with Crippen LogP contribution in [0.1, 0.15) is 35.4 Å². The van der Waals surface area contributed by atoms with Crippen LogP contribution in [0.25, 0.3) is 11.6 Å². The lowest BCUT2D eigenvalue weighted by atomic mass is 9.68. The van der Waals surface area contributed by atoms with E-state index in [1.807, 2.05) is 48.5 Å². The fourth-order valence-electron chi connectivity index (χ4n) is 4.88. The Bertz CT molecular complexity index is 1620. The minimum atomic E-state index is -4.44. The third-order valence-corrected chi connectivity index (χ3v) is 8.48. The second-order valence-electron chi connectivity index (χ2n) is 9.89. The van der Waals surface area contributed by atoms with Gasteiger partial charge in [0.2, 0.25) is 6.17 Å². The zero-order valence-corrected chi connectivity index (χ0v) is 23.2. The molecule has 42 heavy (non-hydrogen) atoms. The van der Waals surface area contributed by atoms with Gasteiger partial charge in [0, 0.05) is 24.8 Å². The van der Waals surface area contributed by atoms with E-state index in [2.05, 4.69) is 31.1 Å². The Balaban J connectivity index is 1.32. The van der Waals surface area contributed by atoms with Crippen LogP contribution in [0.15, 0.2) is 64.0 Å². The highest BCUT2D eigenvalue weighted by atomic mass is 32.1. The molecule has 1 aliphatic carbocycles. The van der Waals surface area contributed by atoms with E-state index in [9.17, 15) is 18.0 Å². The van der Waals surface area contributed by atoms with Gasteiger partial charge >= 0.3 is 12.2 Å². The number of amides is 1. The fraction of sp³-hybridized carbons (Fsp3) is 0.321. The van der Waals surface area contributed by atoms with Gasteiger partial charge in [-0.2, -0.15) is 13.2 Å². The first kappa shape index (κ1) is 27.8. The van der Waals surface area contributed by atoms with Crippen LogP contribution >= 0.6 is 11.3 Å². The van der Waals surface area contributed by atoms with Crippen molar-refractivity contribution in [3.8, 4) is 11.6 Å². The van der Waals surface area contributed by atoms with Gasteiger partial charge in [-0.15, -0.1) is 5.10 Å². The van der Waals surface area contributed by atoms with Gasteiger partial charge in [-0.25, -0.2) is 9.98 Å². The number of rotatable bonds is 9. The number of para-hydroxylation sites is 1. The molecule has 14 heteroatoms. The van der Waals surface area contributed by atoms with Crippen LogP contribution in [0.3, 0.4) is 0 Å². The highest BCUT2D eigenvalue weighted by molar-refractivity contribution is 7.16. The number of thiazole rings is 1. The van der Waals surface area contributed by atoms with Crippen LogP contribution in [0.4, 0.5) is 29.9 Å². The van der Waals surface area contributed by atoms with Crippen molar-refractivity contribution in [3.05, 3.63) is 70.7 Å². The van der Waals surface area contributed by atoms with E-state index in [1.54, 1.807) is 6.07 Å². The Labute approximate surface area is 242 Å². The number of methoxy groups -OCH3 is 1. The number of benzodiazepines with no additional fused rings is 1. The number of nitrogens with zero attached hydrogens (tertiary/aromatic N) is 4. The molecule has 4 aromatic rings. The highest BCUT2D eigenvalue weighted by Crippen LogP contribution is 2.56. The van der Waals surface area contributed by atoms with Crippen molar-refractivity contribution in [2.45, 2.75) is 37.0 Å². The maximum atomic E-state index is 14.1. The number of benzene rings is 2. The van der Waals surface area contributed by atoms with Crippen LogP contribution in [-0.2, 0) is 14.9 Å². The fourth-order valence-corrected chi connectivity index (χ4v) is 6.13. The van der Waals surface area contributed by atoms with Crippen LogP contribution in [-0.4, -0.2) is 59.4 Å². The van der Waals surface area contributed by atoms with Crippen LogP contribution in [0.5, 0.6) is 0 Å². The number of nitrogens with one attached hydrogen (secondary N) is 3. The number of anilines is 3. The molecule has 2 aromatic carbocycles. The summed E-state index contributed by atoms with van der Waals surface area (Å²) in [5.41, 5.74) is 0.823. The first-order valence-electron chi connectivity index (χ1n) is 13.2. The number of hydrogen-bond donors (Lipinski definition) is 3. The number of carbonyl (C=O) groups excluding carboxylic acids is 1. The molecule has 1 atom stereocenters. The van der Waals surface area contributed by atoms with E-state index < -0.39 is 23.7 Å². The normalized spacial score (nSPS) is 17.9. The molecule has 2 aliphatic rings. The minimum Gasteiger partial charge on any atom is -0.402 e. The summed E-state index contributed by atoms with van der Waals surface area (Å²) in [5.74, 6) is -0.552. The molecule has 6 rings (SSSR count). The maximum absolute atomic E-state index is 14.1. The van der Waals surface area contributed by atoms with E-state index >= 15 is 0 Å². The zero-order valence-electron chi connectivity index (χ0n) is 22.4. The number of halogens is 3. The molecule has 1 aliphatic heterocycles. The number of alkyl halides is 3. The third-order valence-electron chi connectivity index (χ3n) is 7.26. The van der Waals surface area contributed by atoms with E-state index in [4.69, 9.17) is 14.1 Å². The molecule has 0 saturated heterocycles. The number of hydrogen-bond acceptors (Lipinski definition) is 10. The van der Waals surface area contributed by atoms with E-state index in [1.165, 1.54) is 7.11 Å². The van der Waals surface area contributed by atoms with Crippen molar-refractivity contribution in [2.75, 3.05) is 36.2 Å². The van der Waals surface area contributed by atoms with Gasteiger partial charge in [-0.1, -0.05) is 71.4 Å². The molecule has 2 aromatic heterocycles. The number of aliphatic imine (C=N–C) groups is 1. The van der Waals surface area contributed by atoms with E-state index in [-0.39, 0.29) is 35.4 Å². The van der Waals surface area contributed by atoms with Gasteiger partial charge in [0.25, 0.3) is 11.8 Å². The summed E-state index contributed by atoms with van der Waals surface area (Å²) in [7, 11) is 1.53. The second-order valence-corrected chi connectivity index (χ2v) is 10.9. The summed E-state index contributed by atoms with van der Waals surface area (Å²) in [6, 6.07) is 16.6. The van der Waals surface area contributed by atoms with Crippen molar-refractivity contribution in [2.24, 2.45) is 4.99 Å². The Morgan fingerprint density at radius 1 is 1.12 bits per heavy atom. The predicted octanol–water partition coefficient (Wildman–Crippen LogP) is 5.46. The molecule has 0 spiro atoms. The van der Waals surface area contributed by atoms with Crippen LogP contribution < -0.4 is 16.0 Å². The minimum absolute atomic E-state index is 0.0292. The van der Waals surface area contributed by atoms with Gasteiger partial charge in [-0.3, -0.25) is 4.79 Å². The standard InChI is InChI=1S/C28H26F3N7O3S/c1-40-15-14-32-24-20(35-25(42-24)27(12-7-13-27)28(29,30)31)23-37-38-26(41-23)36-21-22(39)33-18-11-6-5-10-17(18)19(34-21)16-8-3-2-4-9-16/h2-6,8-11,21,32H,7,12-15H2,1H3,(H,33,39)(H,36,38). The quantitative estimate of drug-likeness (QED) is 0.217. The Hall–Kier alpha value is -4.30. The first-order valence-corrected chi connectivity index (χ1v) is 14.1. The molecule has 1 fully saturated rings. The molecule has 1 amide bonds. The lowest BCUT2D eigenvalue weighted by molar-refractivity contribution is -0.212. The topological polar surface area (TPSA) is 127 Å². The smallest absolute Gasteiger partial charge is 0.400 e. The summed E-state index contributed by atoms with van der Waals surface area (Å²) in [5, 5.41) is 17.2. The monoisotopic (exact) mass is 597 g/mol. The molecule has 3 heterocycles. The lowest BCUT2D eigenvalue weighted by Crippen LogP contribution is -2.47. The largest absolute Gasteiger partial charge is 0.402 e. The average Bonchev–Trinajstić information content (AvgIpc) is 3.54. The van der Waals surface area contributed by atoms with Crippen molar-refractivity contribution < 1.29 is 27.1 Å². The SMILES string of the molecule is COCCNc1sc(C2(C(F)(F)F)CCC2)nc1-c1nnc(NC2N=C(c3ccccc3)c3ccccc3NC2=O)o1. The molecular weight excluding hydrogens is 571 g/mol. The lowest BCUT2D eigenvalue weighted by Gasteiger charge is -2.41. The molecule has 10 nitrogen and oxygen atoms in total. The van der Waals surface area contributed by atoms with E-state index in [0.29, 0.717) is 36.0 Å². The number of aromatic nitrogens is 3. The third kappa shape index (κ3) is 5.11. The number of fused-ring (bicyclic) bond motifs is 1. The highest BCUT2D eigenvalue weighted by Gasteiger charge is 2.61. The summed E-state index contributed by atoms with van der Waals surface area (Å²) in [6.45, 7) is 0.665.